The van der Waals surface area contributed by atoms with Gasteiger partial charge in [-0.3, -0.25) is 10.00 Å². The van der Waals surface area contributed by atoms with Gasteiger partial charge in [-0.15, -0.1) is 0 Å². The van der Waals surface area contributed by atoms with Crippen molar-refractivity contribution in [3.05, 3.63) is 78.0 Å². The molecule has 0 saturated carbocycles. The Bertz CT molecular complexity index is 673. The Morgan fingerprint density at radius 3 is 2.52 bits per heavy atom. The number of hydrogen-bond acceptors (Lipinski definition) is 3. The predicted octanol–water partition coefficient (Wildman–Crippen LogP) is 3.45. The first-order valence-electron chi connectivity index (χ1n) is 7.07. The molecule has 108 valence electrons. The molecule has 21 heavy (non-hydrogen) atoms. The fourth-order valence-corrected chi connectivity index (χ4v) is 2.45. The summed E-state index contributed by atoms with van der Waals surface area (Å²) in [5.74, 6) is 0.914. The Hall–Kier alpha value is -2.33. The molecule has 0 aliphatic rings. The number of furan rings is 1. The highest BCUT2D eigenvalue weighted by Gasteiger charge is 2.20. The maximum Gasteiger partial charge on any atom is 0.125 e. The highest BCUT2D eigenvalue weighted by atomic mass is 16.3. The van der Waals surface area contributed by atoms with Crippen LogP contribution >= 0.6 is 0 Å². The topological polar surface area (TPSA) is 43.0 Å². The minimum absolute atomic E-state index is 0.0245. The molecule has 0 aliphatic carbocycles. The fraction of sp³-hybridized carbons (Fsp3) is 0.235. The summed E-state index contributed by atoms with van der Waals surface area (Å²) in [5, 5.41) is 7.85. The first-order valence-corrected chi connectivity index (χ1v) is 7.07. The van der Waals surface area contributed by atoms with Crippen molar-refractivity contribution in [2.24, 2.45) is 7.05 Å². The number of benzene rings is 1. The van der Waals surface area contributed by atoms with E-state index in [4.69, 9.17) is 4.42 Å². The Kier molecular flexibility index (Phi) is 3.88. The van der Waals surface area contributed by atoms with Crippen LogP contribution in [0.4, 0.5) is 0 Å². The number of hydrogen-bond donors (Lipinski definition) is 1. The third-order valence-corrected chi connectivity index (χ3v) is 3.60. The van der Waals surface area contributed by atoms with Gasteiger partial charge in [-0.25, -0.2) is 0 Å². The Morgan fingerprint density at radius 1 is 1.10 bits per heavy atom. The Balaban J connectivity index is 1.86. The van der Waals surface area contributed by atoms with E-state index in [0.29, 0.717) is 0 Å². The minimum Gasteiger partial charge on any atom is -0.467 e. The molecule has 2 unspecified atom stereocenters. The van der Waals surface area contributed by atoms with Gasteiger partial charge in [0.15, 0.2) is 0 Å². The summed E-state index contributed by atoms with van der Waals surface area (Å²) < 4.78 is 7.43. The molecule has 0 radical (unpaired) electrons. The van der Waals surface area contributed by atoms with Crippen LogP contribution in [0.2, 0.25) is 0 Å². The van der Waals surface area contributed by atoms with Crippen LogP contribution in [0.15, 0.2) is 65.5 Å². The normalized spacial score (nSPS) is 14.0. The molecular formula is C17H19N3O. The van der Waals surface area contributed by atoms with E-state index in [1.807, 2.05) is 54.5 Å². The molecule has 0 saturated heterocycles. The number of nitrogens with one attached hydrogen (secondary N) is 1. The van der Waals surface area contributed by atoms with Crippen molar-refractivity contribution < 1.29 is 4.42 Å². The summed E-state index contributed by atoms with van der Waals surface area (Å²) >= 11 is 0. The molecule has 3 rings (SSSR count). The second kappa shape index (κ2) is 5.97. The van der Waals surface area contributed by atoms with Crippen LogP contribution in [-0.4, -0.2) is 9.78 Å². The molecule has 1 N–H and O–H groups in total. The summed E-state index contributed by atoms with van der Waals surface area (Å²) in [6.07, 6.45) is 5.63. The highest BCUT2D eigenvalue weighted by molar-refractivity contribution is 5.27. The summed E-state index contributed by atoms with van der Waals surface area (Å²) in [7, 11) is 1.93. The minimum atomic E-state index is 0.0245. The average molecular weight is 281 g/mol. The summed E-state index contributed by atoms with van der Waals surface area (Å²) in [5.41, 5.74) is 2.34. The van der Waals surface area contributed by atoms with E-state index in [-0.39, 0.29) is 12.1 Å². The molecule has 2 aromatic heterocycles. The van der Waals surface area contributed by atoms with Gasteiger partial charge in [0.2, 0.25) is 0 Å². The van der Waals surface area contributed by atoms with Gasteiger partial charge in [0.05, 0.1) is 18.5 Å². The van der Waals surface area contributed by atoms with Crippen LogP contribution in [0, 0.1) is 0 Å². The molecule has 4 heteroatoms. The first kappa shape index (κ1) is 13.6. The average Bonchev–Trinajstić information content (AvgIpc) is 3.17. The van der Waals surface area contributed by atoms with Crippen LogP contribution in [0.1, 0.15) is 35.9 Å². The lowest BCUT2D eigenvalue weighted by molar-refractivity contribution is 0.419. The smallest absolute Gasteiger partial charge is 0.125 e. The summed E-state index contributed by atoms with van der Waals surface area (Å²) in [6, 6.07) is 14.4. The molecule has 0 bridgehead atoms. The van der Waals surface area contributed by atoms with Crippen LogP contribution in [0.5, 0.6) is 0 Å². The van der Waals surface area contributed by atoms with Gasteiger partial charge in [0.1, 0.15) is 5.76 Å². The maximum atomic E-state index is 5.61. The Labute approximate surface area is 124 Å². The van der Waals surface area contributed by atoms with Crippen LogP contribution in [0.3, 0.4) is 0 Å². The Morgan fingerprint density at radius 2 is 1.90 bits per heavy atom. The molecule has 2 atom stereocenters. The van der Waals surface area contributed by atoms with Crippen molar-refractivity contribution in [2.75, 3.05) is 0 Å². The number of nitrogens with zero attached hydrogens (tertiary/aromatic N) is 2. The van der Waals surface area contributed by atoms with Crippen molar-refractivity contribution in [1.82, 2.24) is 15.1 Å². The van der Waals surface area contributed by atoms with E-state index in [9.17, 15) is 0 Å². The first-order chi connectivity index (χ1) is 10.2. The summed E-state index contributed by atoms with van der Waals surface area (Å²) in [4.78, 5) is 0. The zero-order valence-electron chi connectivity index (χ0n) is 12.2. The molecule has 3 aromatic rings. The lowest BCUT2D eigenvalue weighted by Gasteiger charge is -2.21. The monoisotopic (exact) mass is 281 g/mol. The van der Waals surface area contributed by atoms with E-state index in [1.54, 1.807) is 6.26 Å². The zero-order valence-corrected chi connectivity index (χ0v) is 12.2. The quantitative estimate of drug-likeness (QED) is 0.779. The molecule has 1 aromatic carbocycles. The van der Waals surface area contributed by atoms with E-state index >= 15 is 0 Å². The third kappa shape index (κ3) is 3.06. The standard InChI is InChI=1S/C17H19N3O/c1-13(15-11-18-20(2)12-15)19-17(16-9-6-10-21-16)14-7-4-3-5-8-14/h3-13,17,19H,1-2H3. The van der Waals surface area contributed by atoms with Crippen molar-refractivity contribution >= 4 is 0 Å². The van der Waals surface area contributed by atoms with Crippen LogP contribution in [-0.2, 0) is 7.05 Å². The molecule has 0 aliphatic heterocycles. The second-order valence-corrected chi connectivity index (χ2v) is 5.19. The lowest BCUT2D eigenvalue weighted by atomic mass is 10.0. The molecule has 4 nitrogen and oxygen atoms in total. The zero-order chi connectivity index (χ0) is 14.7. The van der Waals surface area contributed by atoms with Crippen molar-refractivity contribution in [2.45, 2.75) is 19.0 Å². The van der Waals surface area contributed by atoms with Gasteiger partial charge in [-0.05, 0) is 24.6 Å². The molecular weight excluding hydrogens is 262 g/mol. The third-order valence-electron chi connectivity index (χ3n) is 3.60. The lowest BCUT2D eigenvalue weighted by Crippen LogP contribution is -2.25. The number of aromatic nitrogens is 2. The van der Waals surface area contributed by atoms with Crippen molar-refractivity contribution in [1.29, 1.82) is 0 Å². The maximum absolute atomic E-state index is 5.61. The predicted molar refractivity (Wildman–Crippen MR) is 81.8 cm³/mol. The van der Waals surface area contributed by atoms with E-state index in [0.717, 1.165) is 11.3 Å². The summed E-state index contributed by atoms with van der Waals surface area (Å²) in [6.45, 7) is 2.13. The number of rotatable bonds is 5. The molecule has 0 amide bonds. The van der Waals surface area contributed by atoms with Crippen LogP contribution in [0.25, 0.3) is 0 Å². The van der Waals surface area contributed by atoms with Crippen molar-refractivity contribution in [3.8, 4) is 0 Å². The van der Waals surface area contributed by atoms with Gasteiger partial charge >= 0.3 is 0 Å². The second-order valence-electron chi connectivity index (χ2n) is 5.19. The van der Waals surface area contributed by atoms with Gasteiger partial charge in [0, 0.05) is 24.8 Å². The largest absolute Gasteiger partial charge is 0.467 e. The van der Waals surface area contributed by atoms with E-state index in [1.165, 1.54) is 5.56 Å². The van der Waals surface area contributed by atoms with Crippen molar-refractivity contribution in [3.63, 3.8) is 0 Å². The van der Waals surface area contributed by atoms with Crippen LogP contribution < -0.4 is 5.32 Å². The van der Waals surface area contributed by atoms with Gasteiger partial charge in [-0.1, -0.05) is 30.3 Å². The molecule has 0 spiro atoms. The van der Waals surface area contributed by atoms with E-state index in [2.05, 4.69) is 29.5 Å². The molecule has 0 fully saturated rings. The van der Waals surface area contributed by atoms with Gasteiger partial charge in [-0.2, -0.15) is 5.10 Å². The van der Waals surface area contributed by atoms with Gasteiger partial charge < -0.3 is 4.42 Å². The van der Waals surface area contributed by atoms with Gasteiger partial charge in [0.25, 0.3) is 0 Å². The highest BCUT2D eigenvalue weighted by Crippen LogP contribution is 2.26. The molecule has 2 heterocycles. The fourth-order valence-electron chi connectivity index (χ4n) is 2.45. The van der Waals surface area contributed by atoms with E-state index < -0.39 is 0 Å². The SMILES string of the molecule is CC(NC(c1ccccc1)c1ccco1)c1cnn(C)c1. The number of aryl methyl sites for hydroxylation is 1.